The van der Waals surface area contributed by atoms with Crippen molar-refractivity contribution in [1.82, 2.24) is 0 Å². The zero-order valence-corrected chi connectivity index (χ0v) is 21.9. The van der Waals surface area contributed by atoms with Crippen LogP contribution < -0.4 is 5.73 Å². The largest absolute Gasteiger partial charge is 0.481 e. The number of hydrogen-bond acceptors (Lipinski definition) is 4. The molecule has 0 aliphatic heterocycles. The Morgan fingerprint density at radius 3 is 1.91 bits per heavy atom. The molecule has 0 fully saturated rings. The summed E-state index contributed by atoms with van der Waals surface area (Å²) in [5, 5.41) is 17.7. The van der Waals surface area contributed by atoms with E-state index < -0.39 is 23.3 Å². The maximum absolute atomic E-state index is 11.3. The Morgan fingerprint density at radius 2 is 1.62 bits per heavy atom. The van der Waals surface area contributed by atoms with Crippen LogP contribution in [0, 0.1) is 29.1 Å². The number of ketones is 1. The molecule has 7 nitrogen and oxygen atoms in total. The average Bonchev–Trinajstić information content (AvgIpc) is 2.67. The molecule has 0 saturated heterocycles. The summed E-state index contributed by atoms with van der Waals surface area (Å²) in [5.41, 5.74) is 5.99. The molecule has 0 aromatic heterocycles. The van der Waals surface area contributed by atoms with E-state index in [0.29, 0.717) is 17.6 Å². The van der Waals surface area contributed by atoms with Gasteiger partial charge in [0, 0.05) is 12.3 Å². The summed E-state index contributed by atoms with van der Waals surface area (Å²) in [5.74, 6) is -1.21. The van der Waals surface area contributed by atoms with Gasteiger partial charge < -0.3 is 15.9 Å². The van der Waals surface area contributed by atoms with Crippen LogP contribution in [-0.4, -0.2) is 33.8 Å². The molecule has 184 valence electrons. The summed E-state index contributed by atoms with van der Waals surface area (Å²) in [6, 6.07) is 0. The number of carboxylic acid groups (broad SMARTS) is 2. The highest BCUT2D eigenvalue weighted by Crippen LogP contribution is 2.37. The van der Waals surface area contributed by atoms with E-state index >= 15 is 0 Å². The van der Waals surface area contributed by atoms with Crippen molar-refractivity contribution in [2.45, 2.75) is 74.7 Å². The Hall–Kier alpha value is -2.01. The molecule has 32 heavy (non-hydrogen) atoms. The van der Waals surface area contributed by atoms with Crippen LogP contribution in [0.1, 0.15) is 74.7 Å². The Bertz CT molecular complexity index is 724. The zero-order valence-electron chi connectivity index (χ0n) is 20.8. The molecule has 0 spiro atoms. The number of rotatable bonds is 8. The van der Waals surface area contributed by atoms with E-state index in [1.165, 1.54) is 12.2 Å². The fourth-order valence-corrected chi connectivity index (χ4v) is 2.65. The third-order valence-electron chi connectivity index (χ3n) is 5.84. The predicted molar refractivity (Wildman–Crippen MR) is 131 cm³/mol. The number of allylic oxidation sites excluding steroid dienone is 3. The monoisotopic (exact) mass is 471 g/mol. The summed E-state index contributed by atoms with van der Waals surface area (Å²) >= 11 is 0. The van der Waals surface area contributed by atoms with Gasteiger partial charge in [0.05, 0.1) is 11.3 Å². The minimum atomic E-state index is -0.951. The summed E-state index contributed by atoms with van der Waals surface area (Å²) in [6.07, 6.45) is 5.12. The predicted octanol–water partition coefficient (Wildman–Crippen LogP) is 4.66. The number of aliphatic carboxylic acids is 2. The van der Waals surface area contributed by atoms with Gasteiger partial charge in [-0.1, -0.05) is 52.3 Å². The SMILES string of the molecule is CC(=O)[C@@H](C)C(C)C.CC1CC(C(C)(C)C(N)=O)=CC=C1P.C[C@H](CCC(=O)O)C(=O)O. The second kappa shape index (κ2) is 14.9. The molecule has 8 heteroatoms. The van der Waals surface area contributed by atoms with Gasteiger partial charge in [0.15, 0.2) is 0 Å². The second-order valence-corrected chi connectivity index (χ2v) is 9.93. The number of carboxylic acids is 2. The molecule has 0 aromatic carbocycles. The van der Waals surface area contributed by atoms with E-state index in [0.717, 1.165) is 12.0 Å². The fraction of sp³-hybridized carbons (Fsp3) is 0.667. The highest BCUT2D eigenvalue weighted by Gasteiger charge is 2.31. The van der Waals surface area contributed by atoms with E-state index in [2.05, 4.69) is 36.1 Å². The Kier molecular flexibility index (Phi) is 15.0. The minimum Gasteiger partial charge on any atom is -0.481 e. The first-order valence-corrected chi connectivity index (χ1v) is 11.4. The number of hydrogen-bond donors (Lipinski definition) is 3. The highest BCUT2D eigenvalue weighted by atomic mass is 31.0. The van der Waals surface area contributed by atoms with Crippen LogP contribution in [0.15, 0.2) is 23.0 Å². The molecule has 1 rings (SSSR count). The average molecular weight is 472 g/mol. The van der Waals surface area contributed by atoms with E-state index in [4.69, 9.17) is 15.9 Å². The van der Waals surface area contributed by atoms with Crippen molar-refractivity contribution in [3.05, 3.63) is 23.0 Å². The summed E-state index contributed by atoms with van der Waals surface area (Å²) in [6.45, 7) is 15.1. The molecule has 0 radical (unpaired) electrons. The first-order chi connectivity index (χ1) is 14.4. The molecule has 1 amide bonds. The third kappa shape index (κ3) is 12.7. The van der Waals surface area contributed by atoms with Crippen LogP contribution in [-0.2, 0) is 19.2 Å². The van der Waals surface area contributed by atoms with Gasteiger partial charge in [0.2, 0.25) is 5.91 Å². The summed E-state index contributed by atoms with van der Waals surface area (Å²) in [4.78, 5) is 41.9. The van der Waals surface area contributed by atoms with Gasteiger partial charge in [-0.05, 0) is 50.8 Å². The molecular weight excluding hydrogens is 429 g/mol. The lowest BCUT2D eigenvalue weighted by molar-refractivity contribution is -0.142. The van der Waals surface area contributed by atoms with Crippen molar-refractivity contribution in [3.8, 4) is 0 Å². The van der Waals surface area contributed by atoms with Crippen molar-refractivity contribution < 1.29 is 29.4 Å². The zero-order chi connectivity index (χ0) is 25.8. The lowest BCUT2D eigenvalue weighted by Gasteiger charge is -2.29. The third-order valence-corrected chi connectivity index (χ3v) is 6.61. The standard InChI is InChI=1S/C11H18NOP.C7H14O.C6H10O4/c1-7-6-8(4-5-9(7)14)11(2,3)10(12)13;1-5(2)6(3)7(4)8;1-4(6(9)10)2-3-5(7)8/h4-5,7H,6,14H2,1-3H3,(H2,12,13);5-6H,1-4H3;4H,2-3H2,1H3,(H,7,8)(H,9,10)/t;6-;4-/m.01/s1. The summed E-state index contributed by atoms with van der Waals surface area (Å²) in [7, 11) is 2.73. The fourth-order valence-electron chi connectivity index (χ4n) is 2.43. The Morgan fingerprint density at radius 1 is 1.12 bits per heavy atom. The molecule has 0 aromatic rings. The Labute approximate surface area is 195 Å². The number of primary amides is 1. The molecular formula is C24H42NO6P. The van der Waals surface area contributed by atoms with E-state index in [9.17, 15) is 19.2 Å². The van der Waals surface area contributed by atoms with Gasteiger partial charge in [0.25, 0.3) is 0 Å². The molecule has 1 aliphatic carbocycles. The first-order valence-electron chi connectivity index (χ1n) is 10.9. The summed E-state index contributed by atoms with van der Waals surface area (Å²) < 4.78 is 0. The number of Topliss-reactive ketones (excluding diaryl/α,β-unsaturated/α-hetero) is 1. The quantitative estimate of drug-likeness (QED) is 0.441. The Balaban J connectivity index is 0. The number of carbonyl (C=O) groups excluding carboxylic acids is 2. The van der Waals surface area contributed by atoms with Crippen molar-refractivity contribution in [3.63, 3.8) is 0 Å². The maximum Gasteiger partial charge on any atom is 0.306 e. The van der Waals surface area contributed by atoms with Crippen molar-refractivity contribution in [2.75, 3.05) is 0 Å². The smallest absolute Gasteiger partial charge is 0.306 e. The van der Waals surface area contributed by atoms with Gasteiger partial charge in [-0.25, -0.2) is 0 Å². The molecule has 2 unspecified atom stereocenters. The molecule has 1 aliphatic rings. The second-order valence-electron chi connectivity index (χ2n) is 9.27. The van der Waals surface area contributed by atoms with Crippen LogP contribution in [0.4, 0.5) is 0 Å². The number of carbonyl (C=O) groups is 4. The van der Waals surface area contributed by atoms with Gasteiger partial charge >= 0.3 is 11.9 Å². The van der Waals surface area contributed by atoms with Gasteiger partial charge in [-0.2, -0.15) is 0 Å². The first kappa shape index (κ1) is 32.2. The van der Waals surface area contributed by atoms with Crippen LogP contribution >= 0.6 is 9.24 Å². The van der Waals surface area contributed by atoms with E-state index in [1.807, 2.05) is 26.8 Å². The van der Waals surface area contributed by atoms with Gasteiger partial charge in [-0.3, -0.25) is 19.2 Å². The molecule has 4 N–H and O–H groups in total. The normalized spacial score (nSPS) is 17.4. The molecule has 4 atom stereocenters. The molecule has 0 bridgehead atoms. The van der Waals surface area contributed by atoms with Crippen LogP contribution in [0.5, 0.6) is 0 Å². The van der Waals surface area contributed by atoms with E-state index in [-0.39, 0.29) is 24.7 Å². The lowest BCUT2D eigenvalue weighted by atomic mass is 9.77. The number of nitrogens with two attached hydrogens (primary N) is 1. The maximum atomic E-state index is 11.3. The minimum absolute atomic E-state index is 0.0759. The van der Waals surface area contributed by atoms with Crippen LogP contribution in [0.2, 0.25) is 0 Å². The van der Waals surface area contributed by atoms with Gasteiger partial charge in [0.1, 0.15) is 5.78 Å². The van der Waals surface area contributed by atoms with E-state index in [1.54, 1.807) is 6.92 Å². The van der Waals surface area contributed by atoms with Crippen molar-refractivity contribution in [1.29, 1.82) is 0 Å². The molecule has 0 saturated carbocycles. The van der Waals surface area contributed by atoms with Crippen LogP contribution in [0.25, 0.3) is 0 Å². The van der Waals surface area contributed by atoms with Crippen LogP contribution in [0.3, 0.4) is 0 Å². The highest BCUT2D eigenvalue weighted by molar-refractivity contribution is 7.22. The topological polar surface area (TPSA) is 135 Å². The molecule has 0 heterocycles. The van der Waals surface area contributed by atoms with Gasteiger partial charge in [-0.15, -0.1) is 9.24 Å². The van der Waals surface area contributed by atoms with Crippen molar-refractivity contribution >= 4 is 32.9 Å². The number of amides is 1. The van der Waals surface area contributed by atoms with Crippen molar-refractivity contribution in [2.24, 2.45) is 34.8 Å². The lowest BCUT2D eigenvalue weighted by Crippen LogP contribution is -2.34.